The first kappa shape index (κ1) is 19.8. The van der Waals surface area contributed by atoms with E-state index in [1.165, 1.54) is 50.7 Å². The second-order valence-corrected chi connectivity index (χ2v) is 9.01. The summed E-state index contributed by atoms with van der Waals surface area (Å²) >= 11 is 0. The summed E-state index contributed by atoms with van der Waals surface area (Å²) in [5.74, 6) is 1.09. The van der Waals surface area contributed by atoms with E-state index >= 15 is 0 Å². The molecule has 0 saturated heterocycles. The Morgan fingerprint density at radius 3 is 2.48 bits per heavy atom. The van der Waals surface area contributed by atoms with Gasteiger partial charge in [0.2, 0.25) is 10.0 Å². The number of hydrogen-bond acceptors (Lipinski definition) is 6. The van der Waals surface area contributed by atoms with E-state index in [0.717, 1.165) is 31.0 Å². The van der Waals surface area contributed by atoms with Gasteiger partial charge >= 0.3 is 0 Å². The Morgan fingerprint density at radius 2 is 1.81 bits per heavy atom. The molecule has 0 radical (unpaired) electrons. The number of nitrogens with zero attached hydrogens (tertiary/aromatic N) is 2. The predicted molar refractivity (Wildman–Crippen MR) is 104 cm³/mol. The highest BCUT2D eigenvalue weighted by Gasteiger charge is 2.30. The lowest BCUT2D eigenvalue weighted by molar-refractivity contribution is -0.384. The van der Waals surface area contributed by atoms with Crippen LogP contribution in [0.5, 0.6) is 0 Å². The van der Waals surface area contributed by atoms with Crippen molar-refractivity contribution >= 4 is 27.1 Å². The third kappa shape index (κ3) is 4.84. The van der Waals surface area contributed by atoms with E-state index in [9.17, 15) is 18.5 Å². The normalized spacial score (nSPS) is 23.3. The third-order valence-electron chi connectivity index (χ3n) is 5.66. The van der Waals surface area contributed by atoms with E-state index < -0.39 is 14.9 Å². The van der Waals surface area contributed by atoms with Crippen LogP contribution in [0.3, 0.4) is 0 Å². The number of nitro groups is 1. The number of nitro benzene ring substituents is 1. The Morgan fingerprint density at radius 1 is 1.11 bits per heavy atom. The van der Waals surface area contributed by atoms with Crippen molar-refractivity contribution in [1.29, 1.82) is 0 Å². The number of primary sulfonamides is 1. The standard InChI is InChI=1S/C18H26N4O4S/c19-27(25,26)14-10-11-17(18(12-14)22(23)24)21-20-16-9-5-4-8-15(16)13-6-2-1-3-7-13/h10-13,15,21H,1-9H2,(H2,19,25,26)/b20-16+. The molecule has 2 fully saturated rings. The summed E-state index contributed by atoms with van der Waals surface area (Å²) in [6.07, 6.45) is 10.6. The Balaban J connectivity index is 1.83. The molecular weight excluding hydrogens is 368 g/mol. The fourth-order valence-electron chi connectivity index (χ4n) is 4.27. The highest BCUT2D eigenvalue weighted by Crippen LogP contribution is 2.37. The molecule has 0 aliphatic heterocycles. The van der Waals surface area contributed by atoms with Crippen molar-refractivity contribution in [2.45, 2.75) is 62.7 Å². The lowest BCUT2D eigenvalue weighted by Crippen LogP contribution is -2.29. The van der Waals surface area contributed by atoms with Crippen LogP contribution in [0, 0.1) is 22.0 Å². The van der Waals surface area contributed by atoms with Crippen LogP contribution >= 0.6 is 0 Å². The number of nitrogens with two attached hydrogens (primary N) is 1. The van der Waals surface area contributed by atoms with Crippen LogP contribution < -0.4 is 10.6 Å². The largest absolute Gasteiger partial charge is 0.295 e. The summed E-state index contributed by atoms with van der Waals surface area (Å²) in [4.78, 5) is 10.4. The molecule has 3 N–H and O–H groups in total. The SMILES string of the molecule is NS(=O)(=O)c1ccc(N/N=C2\CCCCC2C2CCCCC2)c([N+](=O)[O-])c1. The van der Waals surface area contributed by atoms with Gasteiger partial charge in [0, 0.05) is 17.7 Å². The monoisotopic (exact) mass is 394 g/mol. The molecule has 1 atom stereocenters. The van der Waals surface area contributed by atoms with Crippen LogP contribution in [0.2, 0.25) is 0 Å². The van der Waals surface area contributed by atoms with Crippen molar-refractivity contribution in [2.75, 3.05) is 5.43 Å². The zero-order chi connectivity index (χ0) is 19.4. The summed E-state index contributed by atoms with van der Waals surface area (Å²) in [5, 5.41) is 20.9. The van der Waals surface area contributed by atoms with Crippen LogP contribution in [0.1, 0.15) is 57.8 Å². The number of anilines is 1. The van der Waals surface area contributed by atoms with Crippen molar-refractivity contribution in [1.82, 2.24) is 0 Å². The van der Waals surface area contributed by atoms with Gasteiger partial charge in [0.15, 0.2) is 0 Å². The second kappa shape index (κ2) is 8.35. The third-order valence-corrected chi connectivity index (χ3v) is 6.57. The van der Waals surface area contributed by atoms with Gasteiger partial charge in [-0.15, -0.1) is 0 Å². The van der Waals surface area contributed by atoms with Gasteiger partial charge in [0.1, 0.15) is 5.69 Å². The molecule has 148 valence electrons. The van der Waals surface area contributed by atoms with Gasteiger partial charge in [-0.25, -0.2) is 13.6 Å². The maximum atomic E-state index is 11.4. The van der Waals surface area contributed by atoms with Crippen molar-refractivity contribution in [3.05, 3.63) is 28.3 Å². The number of hydrogen-bond donors (Lipinski definition) is 2. The van der Waals surface area contributed by atoms with E-state index in [2.05, 4.69) is 10.5 Å². The molecule has 0 amide bonds. The van der Waals surface area contributed by atoms with Gasteiger partial charge in [0.05, 0.1) is 9.82 Å². The van der Waals surface area contributed by atoms with Crippen molar-refractivity contribution in [3.8, 4) is 0 Å². The van der Waals surface area contributed by atoms with Crippen molar-refractivity contribution in [2.24, 2.45) is 22.1 Å². The summed E-state index contributed by atoms with van der Waals surface area (Å²) in [7, 11) is -4.00. The average molecular weight is 394 g/mol. The van der Waals surface area contributed by atoms with Gasteiger partial charge in [-0.3, -0.25) is 15.5 Å². The van der Waals surface area contributed by atoms with Gasteiger partial charge in [-0.05, 0) is 50.2 Å². The number of benzene rings is 1. The summed E-state index contributed by atoms with van der Waals surface area (Å²) < 4.78 is 22.9. The molecule has 0 heterocycles. The minimum Gasteiger partial charge on any atom is -0.272 e. The molecule has 0 aromatic heterocycles. The molecule has 2 aliphatic carbocycles. The number of sulfonamides is 1. The number of nitrogens with one attached hydrogen (secondary N) is 1. The lowest BCUT2D eigenvalue weighted by Gasteiger charge is -2.34. The number of hydrazone groups is 1. The highest BCUT2D eigenvalue weighted by atomic mass is 32.2. The average Bonchev–Trinajstić information content (AvgIpc) is 2.66. The van der Waals surface area contributed by atoms with Crippen LogP contribution in [0.25, 0.3) is 0 Å². The zero-order valence-electron chi connectivity index (χ0n) is 15.3. The van der Waals surface area contributed by atoms with Crippen LogP contribution in [0.15, 0.2) is 28.2 Å². The first-order valence-electron chi connectivity index (χ1n) is 9.50. The van der Waals surface area contributed by atoms with Gasteiger partial charge in [0.25, 0.3) is 5.69 Å². The van der Waals surface area contributed by atoms with Crippen molar-refractivity contribution < 1.29 is 13.3 Å². The molecule has 8 nitrogen and oxygen atoms in total. The molecule has 1 aromatic carbocycles. The Hall–Kier alpha value is -2.00. The molecular formula is C18H26N4O4S. The molecule has 1 unspecified atom stereocenters. The van der Waals surface area contributed by atoms with Crippen molar-refractivity contribution in [3.63, 3.8) is 0 Å². The van der Waals surface area contributed by atoms with Crippen LogP contribution in [-0.2, 0) is 10.0 Å². The molecule has 3 rings (SSSR count). The quantitative estimate of drug-likeness (QED) is 0.580. The summed E-state index contributed by atoms with van der Waals surface area (Å²) in [6.45, 7) is 0. The van der Waals surface area contributed by atoms with Gasteiger partial charge < -0.3 is 0 Å². The second-order valence-electron chi connectivity index (χ2n) is 7.45. The molecule has 0 bridgehead atoms. The van der Waals surface area contributed by atoms with E-state index in [4.69, 9.17) is 5.14 Å². The fraction of sp³-hybridized carbons (Fsp3) is 0.611. The minimum atomic E-state index is -4.00. The molecule has 9 heteroatoms. The molecule has 0 spiro atoms. The van der Waals surface area contributed by atoms with E-state index in [1.807, 2.05) is 0 Å². The van der Waals surface area contributed by atoms with Crippen LogP contribution in [0.4, 0.5) is 11.4 Å². The smallest absolute Gasteiger partial charge is 0.272 e. The molecule has 2 aliphatic rings. The predicted octanol–water partition coefficient (Wildman–Crippen LogP) is 3.78. The molecule has 2 saturated carbocycles. The maximum absolute atomic E-state index is 11.4. The summed E-state index contributed by atoms with van der Waals surface area (Å²) in [5.41, 5.74) is 3.73. The van der Waals surface area contributed by atoms with Gasteiger partial charge in [-0.2, -0.15) is 5.10 Å². The minimum absolute atomic E-state index is 0.174. The lowest BCUT2D eigenvalue weighted by atomic mass is 9.72. The van der Waals surface area contributed by atoms with E-state index in [1.54, 1.807) is 0 Å². The maximum Gasteiger partial charge on any atom is 0.295 e. The first-order valence-corrected chi connectivity index (χ1v) is 11.0. The van der Waals surface area contributed by atoms with Gasteiger partial charge in [-0.1, -0.05) is 25.7 Å². The first-order chi connectivity index (χ1) is 12.9. The number of rotatable bonds is 5. The highest BCUT2D eigenvalue weighted by molar-refractivity contribution is 7.89. The zero-order valence-corrected chi connectivity index (χ0v) is 16.1. The Labute approximate surface area is 159 Å². The molecule has 27 heavy (non-hydrogen) atoms. The Kier molecular flexibility index (Phi) is 6.11. The van der Waals surface area contributed by atoms with E-state index in [0.29, 0.717) is 11.8 Å². The fourth-order valence-corrected chi connectivity index (χ4v) is 4.81. The van der Waals surface area contributed by atoms with E-state index in [-0.39, 0.29) is 16.3 Å². The molecule has 1 aromatic rings. The van der Waals surface area contributed by atoms with Crippen LogP contribution in [-0.4, -0.2) is 19.1 Å². The summed E-state index contributed by atoms with van der Waals surface area (Å²) in [6, 6.07) is 3.57. The Bertz CT molecular complexity index is 832. The topological polar surface area (TPSA) is 128 Å².